The Kier molecular flexibility index (Phi) is 37.0. The van der Waals surface area contributed by atoms with Crippen molar-refractivity contribution < 1.29 is 0 Å². The fourth-order valence-corrected chi connectivity index (χ4v) is 7.51. The first kappa shape index (κ1) is 43.0. The molecule has 0 fully saturated rings. The zero-order valence-electron chi connectivity index (χ0n) is 28.7. The van der Waals surface area contributed by atoms with E-state index in [-0.39, 0.29) is 17.0 Å². The van der Waals surface area contributed by atoms with Crippen LogP contribution < -0.4 is 0 Å². The van der Waals surface area contributed by atoms with E-state index in [0.29, 0.717) is 5.16 Å². The predicted octanol–water partition coefficient (Wildman–Crippen LogP) is 15.4. The molecule has 0 aromatic heterocycles. The van der Waals surface area contributed by atoms with Gasteiger partial charge >= 0.3 is 0 Å². The molecular weight excluding hydrogens is 567 g/mol. The number of halogens is 1. The summed E-state index contributed by atoms with van der Waals surface area (Å²) >= 11 is 0. The summed E-state index contributed by atoms with van der Waals surface area (Å²) in [6.07, 6.45) is 46.6. The third-order valence-electron chi connectivity index (χ3n) is 9.62. The molecule has 244 valence electrons. The standard InChI is InChI=1S/C38H79P.BrH/c1-5-9-13-17-21-22-23-24-26-30-34-37(33-29-25-18-14-10-6-2)38(39,35-31-27-19-15-11-7-3)36-32-28-20-16-12-8-4;/h37H,5-36,39H2,1-4H3;1H. The van der Waals surface area contributed by atoms with E-state index in [2.05, 4.69) is 36.9 Å². The van der Waals surface area contributed by atoms with Crippen molar-refractivity contribution in [2.45, 2.75) is 238 Å². The predicted molar refractivity (Wildman–Crippen MR) is 197 cm³/mol. The molecule has 0 aromatic carbocycles. The van der Waals surface area contributed by atoms with Crippen LogP contribution >= 0.6 is 26.2 Å². The minimum absolute atomic E-state index is 0. The van der Waals surface area contributed by atoms with Crippen LogP contribution in [0.4, 0.5) is 0 Å². The molecule has 0 amide bonds. The molecule has 0 aromatic rings. The van der Waals surface area contributed by atoms with Crippen LogP contribution in [-0.4, -0.2) is 5.16 Å². The summed E-state index contributed by atoms with van der Waals surface area (Å²) in [6.45, 7) is 9.35. The van der Waals surface area contributed by atoms with E-state index in [4.69, 9.17) is 0 Å². The third-order valence-corrected chi connectivity index (χ3v) is 10.7. The Morgan fingerprint density at radius 1 is 0.350 bits per heavy atom. The first-order valence-corrected chi connectivity index (χ1v) is 19.5. The van der Waals surface area contributed by atoms with Crippen molar-refractivity contribution in [2.24, 2.45) is 5.92 Å². The molecule has 0 nitrogen and oxygen atoms in total. The van der Waals surface area contributed by atoms with E-state index >= 15 is 0 Å². The number of rotatable bonds is 33. The van der Waals surface area contributed by atoms with Gasteiger partial charge < -0.3 is 0 Å². The molecule has 0 saturated heterocycles. The van der Waals surface area contributed by atoms with Gasteiger partial charge in [0.2, 0.25) is 0 Å². The van der Waals surface area contributed by atoms with Crippen LogP contribution in [0.25, 0.3) is 0 Å². The Morgan fingerprint density at radius 2 is 0.575 bits per heavy atom. The van der Waals surface area contributed by atoms with E-state index in [1.54, 1.807) is 0 Å². The van der Waals surface area contributed by atoms with Gasteiger partial charge in [-0.2, -0.15) is 0 Å². The van der Waals surface area contributed by atoms with Gasteiger partial charge in [-0.25, -0.2) is 0 Å². The number of hydrogen-bond acceptors (Lipinski definition) is 0. The fourth-order valence-electron chi connectivity index (χ4n) is 6.77. The molecule has 0 saturated carbocycles. The molecule has 0 aliphatic rings. The molecule has 0 heterocycles. The number of unbranched alkanes of at least 4 members (excludes halogenated alkanes) is 24. The summed E-state index contributed by atoms with van der Waals surface area (Å²) in [5.74, 6) is 0.939. The molecule has 0 radical (unpaired) electrons. The Morgan fingerprint density at radius 3 is 0.850 bits per heavy atom. The van der Waals surface area contributed by atoms with Crippen LogP contribution in [-0.2, 0) is 0 Å². The van der Waals surface area contributed by atoms with Gasteiger partial charge in [0.15, 0.2) is 0 Å². The minimum Gasteiger partial charge on any atom is -0.131 e. The van der Waals surface area contributed by atoms with Crippen LogP contribution in [0, 0.1) is 5.92 Å². The van der Waals surface area contributed by atoms with Crippen molar-refractivity contribution in [1.29, 1.82) is 0 Å². The molecule has 0 N–H and O–H groups in total. The van der Waals surface area contributed by atoms with Crippen molar-refractivity contribution in [3.63, 3.8) is 0 Å². The van der Waals surface area contributed by atoms with Crippen molar-refractivity contribution in [1.82, 2.24) is 0 Å². The van der Waals surface area contributed by atoms with Gasteiger partial charge in [-0.05, 0) is 36.8 Å². The second kappa shape index (κ2) is 34.4. The van der Waals surface area contributed by atoms with Crippen molar-refractivity contribution in [3.8, 4) is 0 Å². The topological polar surface area (TPSA) is 0 Å². The zero-order chi connectivity index (χ0) is 28.7. The number of hydrogen-bond donors (Lipinski definition) is 0. The maximum Gasteiger partial charge on any atom is -0.0122 e. The second-order valence-electron chi connectivity index (χ2n) is 13.5. The molecule has 0 bridgehead atoms. The molecule has 40 heavy (non-hydrogen) atoms. The lowest BCUT2D eigenvalue weighted by molar-refractivity contribution is 0.269. The Bertz CT molecular complexity index is 435. The summed E-state index contributed by atoms with van der Waals surface area (Å²) in [4.78, 5) is 0. The molecule has 2 unspecified atom stereocenters. The van der Waals surface area contributed by atoms with E-state index in [9.17, 15) is 0 Å². The molecular formula is C38H80BrP. The third kappa shape index (κ3) is 27.7. The lowest BCUT2D eigenvalue weighted by Gasteiger charge is -2.39. The highest BCUT2D eigenvalue weighted by atomic mass is 79.9. The van der Waals surface area contributed by atoms with E-state index < -0.39 is 0 Å². The zero-order valence-corrected chi connectivity index (χ0v) is 31.6. The maximum absolute atomic E-state index is 3.55. The highest BCUT2D eigenvalue weighted by molar-refractivity contribution is 8.93. The second-order valence-corrected chi connectivity index (χ2v) is 14.6. The summed E-state index contributed by atoms with van der Waals surface area (Å²) in [7, 11) is 3.55. The molecule has 0 aliphatic carbocycles. The smallest absolute Gasteiger partial charge is 0.0122 e. The monoisotopic (exact) mass is 647 g/mol. The van der Waals surface area contributed by atoms with Gasteiger partial charge in [-0.1, -0.05) is 207 Å². The summed E-state index contributed by atoms with van der Waals surface area (Å²) < 4.78 is 0. The first-order valence-electron chi connectivity index (χ1n) is 18.9. The maximum atomic E-state index is 3.55. The van der Waals surface area contributed by atoms with Gasteiger partial charge in [0, 0.05) is 0 Å². The van der Waals surface area contributed by atoms with Crippen LogP contribution in [0.15, 0.2) is 0 Å². The van der Waals surface area contributed by atoms with Crippen molar-refractivity contribution >= 4 is 26.2 Å². The lowest BCUT2D eigenvalue weighted by Crippen LogP contribution is -2.32. The Balaban J connectivity index is 0. The highest BCUT2D eigenvalue weighted by Gasteiger charge is 2.32. The molecule has 2 heteroatoms. The first-order chi connectivity index (χ1) is 19.1. The largest absolute Gasteiger partial charge is 0.131 e. The normalized spacial score (nSPS) is 12.5. The Labute approximate surface area is 269 Å². The van der Waals surface area contributed by atoms with Crippen molar-refractivity contribution in [3.05, 3.63) is 0 Å². The SMILES string of the molecule is Br.CCCCCCCCCCCCC(CCCCCCCC)C(P)(CCCCCCCC)CCCCCCCC. The molecule has 0 spiro atoms. The van der Waals surface area contributed by atoms with Gasteiger partial charge in [0.05, 0.1) is 0 Å². The van der Waals surface area contributed by atoms with Crippen LogP contribution in [0.1, 0.15) is 233 Å². The lowest BCUT2D eigenvalue weighted by atomic mass is 9.77. The van der Waals surface area contributed by atoms with Crippen LogP contribution in [0.3, 0.4) is 0 Å². The van der Waals surface area contributed by atoms with Crippen molar-refractivity contribution in [2.75, 3.05) is 0 Å². The van der Waals surface area contributed by atoms with E-state index in [1.165, 1.54) is 205 Å². The quantitative estimate of drug-likeness (QED) is 0.0491. The van der Waals surface area contributed by atoms with E-state index in [0.717, 1.165) is 5.92 Å². The molecule has 0 rings (SSSR count). The minimum atomic E-state index is 0. The molecule has 2 atom stereocenters. The summed E-state index contributed by atoms with van der Waals surface area (Å²) in [5.41, 5.74) is 0. The molecule has 0 aliphatic heterocycles. The van der Waals surface area contributed by atoms with Gasteiger partial charge in [-0.3, -0.25) is 0 Å². The summed E-state index contributed by atoms with van der Waals surface area (Å²) in [5, 5.41) is 0.512. The average molecular weight is 648 g/mol. The Hall–Kier alpha value is 0.910. The van der Waals surface area contributed by atoms with Gasteiger partial charge in [0.25, 0.3) is 0 Å². The van der Waals surface area contributed by atoms with Crippen LogP contribution in [0.5, 0.6) is 0 Å². The highest BCUT2D eigenvalue weighted by Crippen LogP contribution is 2.44. The van der Waals surface area contributed by atoms with Gasteiger partial charge in [-0.15, -0.1) is 26.2 Å². The van der Waals surface area contributed by atoms with E-state index in [1.807, 2.05) is 0 Å². The summed E-state index contributed by atoms with van der Waals surface area (Å²) in [6, 6.07) is 0. The fraction of sp³-hybridized carbons (Fsp3) is 1.00. The van der Waals surface area contributed by atoms with Crippen LogP contribution in [0.2, 0.25) is 0 Å². The van der Waals surface area contributed by atoms with Gasteiger partial charge in [0.1, 0.15) is 0 Å². The average Bonchev–Trinajstić information content (AvgIpc) is 2.94.